The molecule has 4 N–H and O–H groups in total. The molecule has 29 heavy (non-hydrogen) atoms. The molecule has 2 aromatic carbocycles. The third-order valence-electron chi connectivity index (χ3n) is 4.11. The topological polar surface area (TPSA) is 125 Å². The summed E-state index contributed by atoms with van der Waals surface area (Å²) in [6, 6.07) is 15.8. The maximum atomic E-state index is 12.7. The van der Waals surface area contributed by atoms with E-state index in [1.165, 1.54) is 6.92 Å². The van der Waals surface area contributed by atoms with Gasteiger partial charge in [0, 0.05) is 12.0 Å². The molecule has 0 aliphatic heterocycles. The first-order chi connectivity index (χ1) is 13.9. The standard InChI is InChI=1S/C21H23N3O5/c1-14(19(27)22-13-18(25)26)23-21(29)17(12-15-8-4-2-5-9-15)24-20(28)16-10-6-3-7-11-16/h2-11,14,17H,12-13H2,1H3,(H,22,27)(H,23,29)(H,24,28)(H,25,26). The Morgan fingerprint density at radius 3 is 2.03 bits per heavy atom. The van der Waals surface area contributed by atoms with E-state index in [9.17, 15) is 19.2 Å². The van der Waals surface area contributed by atoms with Crippen LogP contribution in [-0.2, 0) is 20.8 Å². The molecule has 0 aromatic heterocycles. The van der Waals surface area contributed by atoms with E-state index < -0.39 is 42.3 Å². The number of amides is 3. The Labute approximate surface area is 168 Å². The van der Waals surface area contributed by atoms with Crippen molar-refractivity contribution >= 4 is 23.7 Å². The van der Waals surface area contributed by atoms with Gasteiger partial charge in [-0.1, -0.05) is 48.5 Å². The number of hydrogen-bond donors (Lipinski definition) is 4. The van der Waals surface area contributed by atoms with Crippen LogP contribution in [0.4, 0.5) is 0 Å². The SMILES string of the molecule is CC(NC(=O)C(Cc1ccccc1)NC(=O)c1ccccc1)C(=O)NCC(=O)O. The molecular formula is C21H23N3O5. The van der Waals surface area contributed by atoms with Crippen LogP contribution in [0.15, 0.2) is 60.7 Å². The van der Waals surface area contributed by atoms with Crippen LogP contribution in [0.5, 0.6) is 0 Å². The summed E-state index contributed by atoms with van der Waals surface area (Å²) in [5.41, 5.74) is 1.25. The number of benzene rings is 2. The van der Waals surface area contributed by atoms with Gasteiger partial charge < -0.3 is 21.1 Å². The second-order valence-electron chi connectivity index (χ2n) is 6.42. The minimum atomic E-state index is -1.19. The Morgan fingerprint density at radius 2 is 1.45 bits per heavy atom. The van der Waals surface area contributed by atoms with Gasteiger partial charge >= 0.3 is 5.97 Å². The zero-order valence-corrected chi connectivity index (χ0v) is 15.9. The first-order valence-corrected chi connectivity index (χ1v) is 9.06. The van der Waals surface area contributed by atoms with Crippen LogP contribution in [0.3, 0.4) is 0 Å². The number of aliphatic carboxylic acids is 1. The lowest BCUT2D eigenvalue weighted by molar-refractivity contribution is -0.138. The van der Waals surface area contributed by atoms with Crippen LogP contribution < -0.4 is 16.0 Å². The molecule has 0 bridgehead atoms. The van der Waals surface area contributed by atoms with E-state index in [1.54, 1.807) is 30.3 Å². The predicted octanol–water partition coefficient (Wildman–Crippen LogP) is 0.733. The highest BCUT2D eigenvalue weighted by atomic mass is 16.4. The molecule has 0 aliphatic rings. The van der Waals surface area contributed by atoms with Gasteiger partial charge in [0.2, 0.25) is 11.8 Å². The summed E-state index contributed by atoms with van der Waals surface area (Å²) in [5.74, 6) is -2.77. The molecule has 0 heterocycles. The summed E-state index contributed by atoms with van der Waals surface area (Å²) in [6.07, 6.45) is 0.231. The van der Waals surface area contributed by atoms with Crippen molar-refractivity contribution in [1.82, 2.24) is 16.0 Å². The Bertz CT molecular complexity index is 855. The summed E-state index contributed by atoms with van der Waals surface area (Å²) >= 11 is 0. The van der Waals surface area contributed by atoms with Crippen molar-refractivity contribution in [3.8, 4) is 0 Å². The number of carbonyl (C=O) groups is 4. The number of nitrogens with one attached hydrogen (secondary N) is 3. The van der Waals surface area contributed by atoms with Gasteiger partial charge in [0.25, 0.3) is 5.91 Å². The zero-order chi connectivity index (χ0) is 21.2. The number of carbonyl (C=O) groups excluding carboxylic acids is 3. The monoisotopic (exact) mass is 397 g/mol. The highest BCUT2D eigenvalue weighted by Crippen LogP contribution is 2.06. The predicted molar refractivity (Wildman–Crippen MR) is 106 cm³/mol. The maximum absolute atomic E-state index is 12.7. The molecule has 0 spiro atoms. The summed E-state index contributed by atoms with van der Waals surface area (Å²) < 4.78 is 0. The summed E-state index contributed by atoms with van der Waals surface area (Å²) in [6.45, 7) is 0.894. The zero-order valence-electron chi connectivity index (χ0n) is 15.9. The van der Waals surface area contributed by atoms with Gasteiger partial charge in [0.05, 0.1) is 0 Å². The molecule has 0 saturated heterocycles. The fourth-order valence-electron chi connectivity index (χ4n) is 2.59. The lowest BCUT2D eigenvalue weighted by atomic mass is 10.0. The summed E-state index contributed by atoms with van der Waals surface area (Å²) in [5, 5.41) is 16.1. The van der Waals surface area contributed by atoms with E-state index in [2.05, 4.69) is 16.0 Å². The van der Waals surface area contributed by atoms with Crippen LogP contribution in [0.1, 0.15) is 22.8 Å². The number of carboxylic acids is 1. The lowest BCUT2D eigenvalue weighted by Gasteiger charge is -2.21. The highest BCUT2D eigenvalue weighted by Gasteiger charge is 2.25. The average Bonchev–Trinajstić information content (AvgIpc) is 2.72. The molecule has 0 saturated carbocycles. The van der Waals surface area contributed by atoms with E-state index in [0.29, 0.717) is 5.56 Å². The van der Waals surface area contributed by atoms with Crippen LogP contribution in [0.25, 0.3) is 0 Å². The molecule has 8 heteroatoms. The van der Waals surface area contributed by atoms with E-state index >= 15 is 0 Å². The Hall–Kier alpha value is -3.68. The minimum Gasteiger partial charge on any atom is -0.480 e. The van der Waals surface area contributed by atoms with Crippen molar-refractivity contribution in [3.05, 3.63) is 71.8 Å². The molecule has 2 rings (SSSR count). The molecule has 2 unspecified atom stereocenters. The van der Waals surface area contributed by atoms with E-state index in [1.807, 2.05) is 30.3 Å². The van der Waals surface area contributed by atoms with Gasteiger partial charge in [-0.3, -0.25) is 19.2 Å². The number of hydrogen-bond acceptors (Lipinski definition) is 4. The Kier molecular flexibility index (Phi) is 7.90. The third-order valence-corrected chi connectivity index (χ3v) is 4.11. The van der Waals surface area contributed by atoms with Gasteiger partial charge in [0.1, 0.15) is 18.6 Å². The van der Waals surface area contributed by atoms with Crippen molar-refractivity contribution in [2.24, 2.45) is 0 Å². The van der Waals surface area contributed by atoms with Crippen LogP contribution in [0, 0.1) is 0 Å². The largest absolute Gasteiger partial charge is 0.480 e. The maximum Gasteiger partial charge on any atom is 0.322 e. The van der Waals surface area contributed by atoms with Crippen molar-refractivity contribution in [2.45, 2.75) is 25.4 Å². The van der Waals surface area contributed by atoms with Gasteiger partial charge in [-0.15, -0.1) is 0 Å². The molecule has 3 amide bonds. The minimum absolute atomic E-state index is 0.231. The average molecular weight is 397 g/mol. The summed E-state index contributed by atoms with van der Waals surface area (Å²) in [7, 11) is 0. The Morgan fingerprint density at radius 1 is 0.862 bits per heavy atom. The van der Waals surface area contributed by atoms with Crippen molar-refractivity contribution in [3.63, 3.8) is 0 Å². The van der Waals surface area contributed by atoms with E-state index in [0.717, 1.165) is 5.56 Å². The van der Waals surface area contributed by atoms with Crippen LogP contribution >= 0.6 is 0 Å². The van der Waals surface area contributed by atoms with Gasteiger partial charge in [-0.25, -0.2) is 0 Å². The molecule has 0 radical (unpaired) electrons. The fraction of sp³-hybridized carbons (Fsp3) is 0.238. The number of carboxylic acid groups (broad SMARTS) is 1. The van der Waals surface area contributed by atoms with Gasteiger partial charge in [-0.2, -0.15) is 0 Å². The van der Waals surface area contributed by atoms with E-state index in [4.69, 9.17) is 5.11 Å². The lowest BCUT2D eigenvalue weighted by Crippen LogP contribution is -2.53. The van der Waals surface area contributed by atoms with Crippen molar-refractivity contribution in [1.29, 1.82) is 0 Å². The molecular weight excluding hydrogens is 374 g/mol. The van der Waals surface area contributed by atoms with Crippen molar-refractivity contribution in [2.75, 3.05) is 6.54 Å². The highest BCUT2D eigenvalue weighted by molar-refractivity contribution is 5.98. The fourth-order valence-corrected chi connectivity index (χ4v) is 2.59. The van der Waals surface area contributed by atoms with Gasteiger partial charge in [0.15, 0.2) is 0 Å². The second kappa shape index (κ2) is 10.6. The van der Waals surface area contributed by atoms with E-state index in [-0.39, 0.29) is 6.42 Å². The van der Waals surface area contributed by atoms with Crippen LogP contribution in [0.2, 0.25) is 0 Å². The van der Waals surface area contributed by atoms with Crippen molar-refractivity contribution < 1.29 is 24.3 Å². The Balaban J connectivity index is 2.09. The summed E-state index contributed by atoms with van der Waals surface area (Å²) in [4.78, 5) is 47.8. The van der Waals surface area contributed by atoms with Gasteiger partial charge in [-0.05, 0) is 24.6 Å². The molecule has 2 aromatic rings. The smallest absolute Gasteiger partial charge is 0.322 e. The first kappa shape index (κ1) is 21.6. The molecule has 0 aliphatic carbocycles. The molecule has 8 nitrogen and oxygen atoms in total. The first-order valence-electron chi connectivity index (χ1n) is 9.06. The normalized spacial score (nSPS) is 12.3. The molecule has 0 fully saturated rings. The third kappa shape index (κ3) is 7.10. The molecule has 152 valence electrons. The van der Waals surface area contributed by atoms with Crippen LogP contribution in [-0.4, -0.2) is 47.4 Å². The molecule has 2 atom stereocenters. The quantitative estimate of drug-likeness (QED) is 0.497. The number of rotatable bonds is 9. The second-order valence-corrected chi connectivity index (χ2v) is 6.42.